The number of amides is 1. The fourth-order valence-corrected chi connectivity index (χ4v) is 4.78. The normalized spacial score (nSPS) is 18.5. The highest BCUT2D eigenvalue weighted by atomic mass is 35.5. The Kier molecular flexibility index (Phi) is 6.94. The topological polar surface area (TPSA) is 81.9 Å². The Balaban J connectivity index is 1.16. The minimum absolute atomic E-state index is 0.0620. The van der Waals surface area contributed by atoms with Crippen molar-refractivity contribution in [2.45, 2.75) is 12.8 Å². The first-order valence-corrected chi connectivity index (χ1v) is 12.4. The van der Waals surface area contributed by atoms with Gasteiger partial charge in [-0.2, -0.15) is 4.52 Å². The van der Waals surface area contributed by atoms with Gasteiger partial charge in [0.15, 0.2) is 11.5 Å². The average molecular weight is 483 g/mol. The molecule has 5 rings (SSSR count). The molecule has 10 heteroatoms. The molecule has 2 saturated heterocycles. The van der Waals surface area contributed by atoms with Crippen molar-refractivity contribution >= 4 is 29.0 Å². The lowest BCUT2D eigenvalue weighted by atomic mass is 9.96. The fraction of sp³-hybridized carbons (Fsp3) is 0.500. The molecule has 0 aliphatic carbocycles. The van der Waals surface area contributed by atoms with Crippen molar-refractivity contribution in [3.63, 3.8) is 0 Å². The molecule has 1 N–H and O–H groups in total. The molecular formula is C24H31ClN8O. The van der Waals surface area contributed by atoms with Gasteiger partial charge in [-0.05, 0) is 56.3 Å². The minimum atomic E-state index is 0.0620. The van der Waals surface area contributed by atoms with E-state index in [-0.39, 0.29) is 11.8 Å². The van der Waals surface area contributed by atoms with Gasteiger partial charge in [0, 0.05) is 68.9 Å². The zero-order chi connectivity index (χ0) is 23.5. The van der Waals surface area contributed by atoms with Crippen molar-refractivity contribution in [2.75, 3.05) is 64.3 Å². The van der Waals surface area contributed by atoms with Crippen molar-refractivity contribution in [3.05, 3.63) is 41.4 Å². The monoisotopic (exact) mass is 482 g/mol. The molecule has 1 aromatic carbocycles. The van der Waals surface area contributed by atoms with Gasteiger partial charge in [0.25, 0.3) is 0 Å². The number of hydrogen-bond acceptors (Lipinski definition) is 7. The van der Waals surface area contributed by atoms with Crippen LogP contribution in [0, 0.1) is 5.92 Å². The van der Waals surface area contributed by atoms with Crippen molar-refractivity contribution in [2.24, 2.45) is 5.92 Å². The molecule has 2 aliphatic heterocycles. The van der Waals surface area contributed by atoms with Gasteiger partial charge in [0.05, 0.1) is 0 Å². The molecule has 4 heterocycles. The molecule has 9 nitrogen and oxygen atoms in total. The summed E-state index contributed by atoms with van der Waals surface area (Å²) < 4.78 is 1.77. The molecule has 180 valence electrons. The highest BCUT2D eigenvalue weighted by Crippen LogP contribution is 2.24. The zero-order valence-electron chi connectivity index (χ0n) is 19.5. The van der Waals surface area contributed by atoms with Crippen LogP contribution >= 0.6 is 11.6 Å². The summed E-state index contributed by atoms with van der Waals surface area (Å²) in [5, 5.41) is 17.2. The molecule has 34 heavy (non-hydrogen) atoms. The molecule has 0 radical (unpaired) electrons. The van der Waals surface area contributed by atoms with Crippen LogP contribution in [0.2, 0.25) is 5.02 Å². The smallest absolute Gasteiger partial charge is 0.223 e. The number of halogens is 1. The van der Waals surface area contributed by atoms with E-state index in [9.17, 15) is 4.79 Å². The number of anilines is 1. The first kappa shape index (κ1) is 23.0. The summed E-state index contributed by atoms with van der Waals surface area (Å²) in [5.41, 5.74) is 1.61. The van der Waals surface area contributed by atoms with Gasteiger partial charge in [-0.3, -0.25) is 9.69 Å². The van der Waals surface area contributed by atoms with Crippen LogP contribution in [0.15, 0.2) is 36.4 Å². The Morgan fingerprint density at radius 1 is 1.00 bits per heavy atom. The van der Waals surface area contributed by atoms with Gasteiger partial charge < -0.3 is 15.1 Å². The lowest BCUT2D eigenvalue weighted by Crippen LogP contribution is -2.48. The molecular weight excluding hydrogens is 452 g/mol. The second kappa shape index (κ2) is 10.2. The second-order valence-electron chi connectivity index (χ2n) is 9.19. The maximum absolute atomic E-state index is 12.7. The number of nitrogens with zero attached hydrogens (tertiary/aromatic N) is 7. The van der Waals surface area contributed by atoms with Crippen molar-refractivity contribution < 1.29 is 4.79 Å². The number of piperazine rings is 1. The predicted octanol–water partition coefficient (Wildman–Crippen LogP) is 2.02. The third kappa shape index (κ3) is 5.16. The van der Waals surface area contributed by atoms with E-state index < -0.39 is 0 Å². The molecule has 0 saturated carbocycles. The lowest BCUT2D eigenvalue weighted by Gasteiger charge is -2.33. The summed E-state index contributed by atoms with van der Waals surface area (Å²) in [6.45, 7) is 7.61. The third-order valence-corrected chi connectivity index (χ3v) is 7.12. The van der Waals surface area contributed by atoms with Crippen LogP contribution < -0.4 is 10.2 Å². The maximum atomic E-state index is 12.7. The van der Waals surface area contributed by atoms with Crippen LogP contribution in [-0.2, 0) is 4.79 Å². The van der Waals surface area contributed by atoms with Crippen LogP contribution in [0.1, 0.15) is 12.8 Å². The van der Waals surface area contributed by atoms with Crippen molar-refractivity contribution in [1.29, 1.82) is 0 Å². The van der Waals surface area contributed by atoms with E-state index in [0.717, 1.165) is 76.6 Å². The Morgan fingerprint density at radius 3 is 2.47 bits per heavy atom. The van der Waals surface area contributed by atoms with Gasteiger partial charge in [-0.25, -0.2) is 0 Å². The quantitative estimate of drug-likeness (QED) is 0.575. The van der Waals surface area contributed by atoms with Crippen LogP contribution in [-0.4, -0.2) is 94.9 Å². The highest BCUT2D eigenvalue weighted by molar-refractivity contribution is 6.30. The van der Waals surface area contributed by atoms with Crippen LogP contribution in [0.3, 0.4) is 0 Å². The van der Waals surface area contributed by atoms with E-state index in [1.165, 1.54) is 0 Å². The number of carbonyl (C=O) groups is 1. The summed E-state index contributed by atoms with van der Waals surface area (Å²) in [6, 6.07) is 11.4. The van der Waals surface area contributed by atoms with E-state index in [0.29, 0.717) is 16.5 Å². The number of likely N-dealkylation sites (N-methyl/N-ethyl adjacent to an activating group) is 1. The van der Waals surface area contributed by atoms with Crippen LogP contribution in [0.4, 0.5) is 5.82 Å². The molecule has 2 aromatic heterocycles. The first-order chi connectivity index (χ1) is 16.6. The molecule has 3 aromatic rings. The number of aromatic nitrogens is 4. The summed E-state index contributed by atoms with van der Waals surface area (Å²) in [4.78, 5) is 19.7. The highest BCUT2D eigenvalue weighted by Gasteiger charge is 2.26. The Hall–Kier alpha value is -2.75. The number of rotatable bonds is 6. The summed E-state index contributed by atoms with van der Waals surface area (Å²) >= 11 is 6.02. The SMILES string of the molecule is CN1CCN(CCNC(=O)C2CCN(c3ccc4nnc(-c5ccc(Cl)cc5)n4n3)CC2)CC1. The summed E-state index contributed by atoms with van der Waals surface area (Å²) in [6.07, 6.45) is 1.65. The molecule has 0 spiro atoms. The number of fused-ring (bicyclic) bond motifs is 1. The largest absolute Gasteiger partial charge is 0.355 e. The molecule has 0 bridgehead atoms. The summed E-state index contributed by atoms with van der Waals surface area (Å²) in [7, 11) is 2.16. The van der Waals surface area contributed by atoms with Gasteiger partial charge in [0.2, 0.25) is 5.91 Å². The van der Waals surface area contributed by atoms with Crippen molar-refractivity contribution in [3.8, 4) is 11.4 Å². The lowest BCUT2D eigenvalue weighted by molar-refractivity contribution is -0.125. The van der Waals surface area contributed by atoms with E-state index in [1.807, 2.05) is 36.4 Å². The Morgan fingerprint density at radius 2 is 1.74 bits per heavy atom. The number of benzene rings is 1. The molecule has 2 aliphatic rings. The van der Waals surface area contributed by atoms with Crippen molar-refractivity contribution in [1.82, 2.24) is 34.9 Å². The summed E-state index contributed by atoms with van der Waals surface area (Å²) in [5.74, 6) is 1.80. The van der Waals surface area contributed by atoms with E-state index in [4.69, 9.17) is 16.7 Å². The van der Waals surface area contributed by atoms with E-state index >= 15 is 0 Å². The number of hydrogen-bond donors (Lipinski definition) is 1. The molecule has 2 fully saturated rings. The first-order valence-electron chi connectivity index (χ1n) is 12.0. The molecule has 1 amide bonds. The van der Waals surface area contributed by atoms with E-state index in [1.54, 1.807) is 4.52 Å². The fourth-order valence-electron chi connectivity index (χ4n) is 4.65. The number of piperidine rings is 1. The van der Waals surface area contributed by atoms with Crippen LogP contribution in [0.5, 0.6) is 0 Å². The van der Waals surface area contributed by atoms with Gasteiger partial charge in [0.1, 0.15) is 5.82 Å². The molecule has 0 atom stereocenters. The number of carbonyl (C=O) groups excluding carboxylic acids is 1. The van der Waals surface area contributed by atoms with Gasteiger partial charge in [-0.1, -0.05) is 11.6 Å². The molecule has 0 unspecified atom stereocenters. The standard InChI is InChI=1S/C24H31ClN8O/c1-30-14-16-31(17-15-30)13-10-26-24(34)19-8-11-32(12-9-19)22-7-6-21-27-28-23(33(21)29-22)18-2-4-20(25)5-3-18/h2-7,19H,8-17H2,1H3,(H,26,34). The second-order valence-corrected chi connectivity index (χ2v) is 9.63. The Bertz CT molecular complexity index is 1120. The van der Waals surface area contributed by atoms with E-state index in [2.05, 4.69) is 37.3 Å². The number of nitrogens with one attached hydrogen (secondary N) is 1. The predicted molar refractivity (Wildman–Crippen MR) is 133 cm³/mol. The van der Waals surface area contributed by atoms with Gasteiger partial charge in [-0.15, -0.1) is 15.3 Å². The van der Waals surface area contributed by atoms with Gasteiger partial charge >= 0.3 is 0 Å². The zero-order valence-corrected chi connectivity index (χ0v) is 20.3. The van der Waals surface area contributed by atoms with Crippen LogP contribution in [0.25, 0.3) is 17.0 Å². The minimum Gasteiger partial charge on any atom is -0.355 e. The average Bonchev–Trinajstić information content (AvgIpc) is 3.29. The maximum Gasteiger partial charge on any atom is 0.223 e. The Labute approximate surface area is 204 Å². The third-order valence-electron chi connectivity index (χ3n) is 6.86.